The van der Waals surface area contributed by atoms with Gasteiger partial charge >= 0.3 is 5.97 Å². The molecule has 0 bridgehead atoms. The number of carboxylic acid groups (broad SMARTS) is 1. The Kier molecular flexibility index (Phi) is 6.39. The van der Waals surface area contributed by atoms with Crippen molar-refractivity contribution in [2.75, 3.05) is 13.2 Å². The maximum atomic E-state index is 13.1. The Hall–Kier alpha value is -2.35. The minimum atomic E-state index is -0.729. The lowest BCUT2D eigenvalue weighted by atomic mass is 9.82. The van der Waals surface area contributed by atoms with Crippen molar-refractivity contribution in [3.63, 3.8) is 0 Å². The number of hydrogen-bond acceptors (Lipinski definition) is 5. The summed E-state index contributed by atoms with van der Waals surface area (Å²) in [6, 6.07) is 3.46. The van der Waals surface area contributed by atoms with E-state index in [0.717, 1.165) is 12.8 Å². The van der Waals surface area contributed by atoms with E-state index in [4.69, 9.17) is 26.8 Å². The molecule has 1 saturated carbocycles. The molecule has 1 aromatic heterocycles. The minimum absolute atomic E-state index is 0.164. The van der Waals surface area contributed by atoms with Crippen LogP contribution < -0.4 is 15.0 Å². The summed E-state index contributed by atoms with van der Waals surface area (Å²) in [5.41, 5.74) is 0.454. The fraction of sp³-hybridized carbons (Fsp3) is 0.550. The van der Waals surface area contributed by atoms with Gasteiger partial charge in [0.15, 0.2) is 16.3 Å². The molecule has 3 rings (SSSR count). The predicted molar refractivity (Wildman–Crippen MR) is 109 cm³/mol. The number of fused-ring (bicyclic) bond motifs is 1. The lowest BCUT2D eigenvalue weighted by Crippen LogP contribution is -2.29. The number of carbonyl (C=O) groups is 1. The van der Waals surface area contributed by atoms with Crippen LogP contribution in [0.15, 0.2) is 16.9 Å². The van der Waals surface area contributed by atoms with Gasteiger partial charge in [-0.05, 0) is 63.7 Å². The summed E-state index contributed by atoms with van der Waals surface area (Å²) in [6.07, 6.45) is 2.85. The highest BCUT2D eigenvalue weighted by Crippen LogP contribution is 2.32. The molecule has 0 saturated heterocycles. The molecule has 1 aliphatic carbocycles. The number of rotatable bonds is 7. The summed E-state index contributed by atoms with van der Waals surface area (Å²) in [7, 11) is 0. The van der Waals surface area contributed by atoms with Crippen LogP contribution >= 0.6 is 12.2 Å². The number of ether oxygens (including phenoxy) is 2. The van der Waals surface area contributed by atoms with Crippen LogP contribution in [0, 0.1) is 16.6 Å². The first-order chi connectivity index (χ1) is 13.4. The molecule has 0 aliphatic heterocycles. The molecule has 8 heteroatoms. The summed E-state index contributed by atoms with van der Waals surface area (Å²) in [4.78, 5) is 27.4. The monoisotopic (exact) mass is 406 g/mol. The normalized spacial score (nSPS) is 19.5. The molecule has 1 aliphatic rings. The lowest BCUT2D eigenvalue weighted by Gasteiger charge is -2.26. The Morgan fingerprint density at radius 3 is 2.36 bits per heavy atom. The fourth-order valence-corrected chi connectivity index (χ4v) is 4.08. The van der Waals surface area contributed by atoms with Gasteiger partial charge in [0.1, 0.15) is 0 Å². The third kappa shape index (κ3) is 4.22. The van der Waals surface area contributed by atoms with Crippen molar-refractivity contribution >= 4 is 29.1 Å². The zero-order valence-electron chi connectivity index (χ0n) is 16.2. The summed E-state index contributed by atoms with van der Waals surface area (Å²) in [5.74, 6) is 0.353. The summed E-state index contributed by atoms with van der Waals surface area (Å²) in [6.45, 7) is 5.22. The van der Waals surface area contributed by atoms with Gasteiger partial charge in [-0.1, -0.05) is 0 Å². The number of aliphatic carboxylic acids is 1. The van der Waals surface area contributed by atoms with E-state index in [2.05, 4.69) is 4.98 Å². The summed E-state index contributed by atoms with van der Waals surface area (Å²) < 4.78 is 13.2. The van der Waals surface area contributed by atoms with E-state index in [1.165, 1.54) is 0 Å². The molecule has 7 nitrogen and oxygen atoms in total. The molecular weight excluding hydrogens is 380 g/mol. The Morgan fingerprint density at radius 1 is 1.18 bits per heavy atom. The van der Waals surface area contributed by atoms with Crippen LogP contribution in [-0.4, -0.2) is 33.8 Å². The number of benzene rings is 1. The van der Waals surface area contributed by atoms with Crippen LogP contribution in [0.4, 0.5) is 0 Å². The van der Waals surface area contributed by atoms with Crippen molar-refractivity contribution in [1.29, 1.82) is 0 Å². The van der Waals surface area contributed by atoms with E-state index in [1.807, 2.05) is 13.8 Å². The second kappa shape index (κ2) is 8.77. The summed E-state index contributed by atoms with van der Waals surface area (Å²) >= 11 is 5.43. The van der Waals surface area contributed by atoms with Crippen LogP contribution in [0.1, 0.15) is 39.5 Å². The Morgan fingerprint density at radius 2 is 1.79 bits per heavy atom. The van der Waals surface area contributed by atoms with Gasteiger partial charge in [-0.3, -0.25) is 14.2 Å². The number of carboxylic acids is 1. The zero-order valence-corrected chi connectivity index (χ0v) is 17.0. The Bertz CT molecular complexity index is 973. The second-order valence-electron chi connectivity index (χ2n) is 7.11. The number of aromatic amines is 1. The maximum absolute atomic E-state index is 13.1. The molecule has 1 heterocycles. The molecule has 152 valence electrons. The smallest absolute Gasteiger partial charge is 0.306 e. The Balaban J connectivity index is 1.93. The van der Waals surface area contributed by atoms with Crippen molar-refractivity contribution in [3.8, 4) is 11.5 Å². The molecule has 0 spiro atoms. The Labute approximate surface area is 168 Å². The van der Waals surface area contributed by atoms with E-state index >= 15 is 0 Å². The van der Waals surface area contributed by atoms with Crippen LogP contribution in [0.5, 0.6) is 11.5 Å². The number of nitrogens with zero attached hydrogens (tertiary/aromatic N) is 1. The predicted octanol–water partition coefficient (Wildman–Crippen LogP) is 3.75. The average Bonchev–Trinajstić information content (AvgIpc) is 2.67. The molecule has 28 heavy (non-hydrogen) atoms. The van der Waals surface area contributed by atoms with E-state index in [1.54, 1.807) is 16.7 Å². The topological polar surface area (TPSA) is 93.5 Å². The van der Waals surface area contributed by atoms with Crippen LogP contribution in [0.3, 0.4) is 0 Å². The van der Waals surface area contributed by atoms with Crippen molar-refractivity contribution in [3.05, 3.63) is 27.3 Å². The number of H-pyrrole nitrogens is 1. The first-order valence-corrected chi connectivity index (χ1v) is 10.1. The van der Waals surface area contributed by atoms with Gasteiger partial charge in [-0.25, -0.2) is 0 Å². The number of aromatic nitrogens is 2. The maximum Gasteiger partial charge on any atom is 0.306 e. The van der Waals surface area contributed by atoms with Crippen LogP contribution in [-0.2, 0) is 11.3 Å². The van der Waals surface area contributed by atoms with Crippen LogP contribution in [0.2, 0.25) is 0 Å². The first-order valence-electron chi connectivity index (χ1n) is 9.73. The highest BCUT2D eigenvalue weighted by Gasteiger charge is 2.26. The molecule has 2 aromatic rings. The van der Waals surface area contributed by atoms with E-state index in [9.17, 15) is 9.59 Å². The number of nitrogens with one attached hydrogen (secondary N) is 1. The molecule has 1 aromatic carbocycles. The van der Waals surface area contributed by atoms with Gasteiger partial charge in [-0.2, -0.15) is 0 Å². The minimum Gasteiger partial charge on any atom is -0.490 e. The van der Waals surface area contributed by atoms with Gasteiger partial charge in [0.05, 0.1) is 30.0 Å². The number of hydrogen-bond donors (Lipinski definition) is 2. The van der Waals surface area contributed by atoms with Gasteiger partial charge in [0, 0.05) is 12.6 Å². The van der Waals surface area contributed by atoms with E-state index < -0.39 is 5.97 Å². The third-order valence-electron chi connectivity index (χ3n) is 5.28. The quantitative estimate of drug-likeness (QED) is 0.680. The van der Waals surface area contributed by atoms with Crippen LogP contribution in [0.25, 0.3) is 10.9 Å². The first kappa shape index (κ1) is 20.4. The highest BCUT2D eigenvalue weighted by molar-refractivity contribution is 7.71. The van der Waals surface area contributed by atoms with E-state index in [-0.39, 0.29) is 17.4 Å². The zero-order chi connectivity index (χ0) is 20.3. The van der Waals surface area contributed by atoms with Crippen molar-refractivity contribution in [2.45, 2.75) is 46.1 Å². The molecule has 0 amide bonds. The molecule has 0 atom stereocenters. The van der Waals surface area contributed by atoms with Gasteiger partial charge in [0.25, 0.3) is 5.56 Å². The lowest BCUT2D eigenvalue weighted by molar-refractivity contribution is -0.143. The third-order valence-corrected chi connectivity index (χ3v) is 5.61. The van der Waals surface area contributed by atoms with Crippen molar-refractivity contribution in [2.24, 2.45) is 11.8 Å². The van der Waals surface area contributed by atoms with Gasteiger partial charge < -0.3 is 19.6 Å². The molecule has 1 fully saturated rings. The van der Waals surface area contributed by atoms with Gasteiger partial charge in [0.2, 0.25) is 0 Å². The standard InChI is InChI=1S/C20H26N2O5S/c1-3-26-16-9-14-15(10-17(16)27-4-2)21-20(28)22(18(14)23)11-12-5-7-13(8-6-12)19(24)25/h9-10,12-13H,3-8,11H2,1-2H3,(H,21,28)(H,24,25). The molecule has 2 N–H and O–H groups in total. The van der Waals surface area contributed by atoms with E-state index in [0.29, 0.717) is 59.8 Å². The fourth-order valence-electron chi connectivity index (χ4n) is 3.81. The summed E-state index contributed by atoms with van der Waals surface area (Å²) in [5, 5.41) is 9.65. The molecule has 0 unspecified atom stereocenters. The van der Waals surface area contributed by atoms with Gasteiger partial charge in [-0.15, -0.1) is 0 Å². The SMILES string of the molecule is CCOc1cc2[nH]c(=S)n(CC3CCC(C(=O)O)CC3)c(=O)c2cc1OCC. The molecule has 0 radical (unpaired) electrons. The average molecular weight is 407 g/mol. The van der Waals surface area contributed by atoms with Crippen molar-refractivity contribution < 1.29 is 19.4 Å². The second-order valence-corrected chi connectivity index (χ2v) is 7.50. The largest absolute Gasteiger partial charge is 0.490 e. The van der Waals surface area contributed by atoms with Crippen molar-refractivity contribution in [1.82, 2.24) is 9.55 Å². The molecular formula is C20H26N2O5S. The highest BCUT2D eigenvalue weighted by atomic mass is 32.1.